The molecule has 7 nitrogen and oxygen atoms in total. The van der Waals surface area contributed by atoms with Gasteiger partial charge in [-0.15, -0.1) is 0 Å². The van der Waals surface area contributed by atoms with Gasteiger partial charge in [0.2, 0.25) is 5.91 Å². The molecule has 0 spiro atoms. The molecule has 0 atom stereocenters. The Hall–Kier alpha value is -2.57. The third kappa shape index (κ3) is 3.47. The zero-order valence-electron chi connectivity index (χ0n) is 11.2. The van der Waals surface area contributed by atoms with Gasteiger partial charge in [-0.3, -0.25) is 4.79 Å². The maximum Gasteiger partial charge on any atom is 0.224 e. The quantitative estimate of drug-likeness (QED) is 0.744. The van der Waals surface area contributed by atoms with E-state index in [1.165, 1.54) is 6.33 Å². The first kappa shape index (κ1) is 13.9. The van der Waals surface area contributed by atoms with Crippen LogP contribution in [0.1, 0.15) is 25.5 Å². The standard InChI is InChI=1S/C13H17N5O2/c1-2-4-10(19)18-11-12(14)16-8-17-13(11)15-7-9-5-3-6-20-9/h3,5-6,8H,2,4,7H2,1H3,(H,18,19)(H3,14,15,16,17). The van der Waals surface area contributed by atoms with E-state index in [4.69, 9.17) is 10.2 Å². The molecule has 0 saturated carbocycles. The van der Waals surface area contributed by atoms with Crippen molar-refractivity contribution in [2.75, 3.05) is 16.4 Å². The van der Waals surface area contributed by atoms with Crippen LogP contribution in [-0.4, -0.2) is 15.9 Å². The van der Waals surface area contributed by atoms with Gasteiger partial charge in [-0.1, -0.05) is 6.92 Å². The lowest BCUT2D eigenvalue weighted by atomic mass is 10.3. The van der Waals surface area contributed by atoms with Crippen molar-refractivity contribution < 1.29 is 9.21 Å². The van der Waals surface area contributed by atoms with Crippen LogP contribution in [-0.2, 0) is 11.3 Å². The summed E-state index contributed by atoms with van der Waals surface area (Å²) in [5, 5.41) is 5.79. The largest absolute Gasteiger partial charge is 0.467 e. The van der Waals surface area contributed by atoms with Crippen molar-refractivity contribution in [3.63, 3.8) is 0 Å². The van der Waals surface area contributed by atoms with Gasteiger partial charge in [-0.05, 0) is 18.6 Å². The molecular formula is C13H17N5O2. The van der Waals surface area contributed by atoms with Gasteiger partial charge in [0.15, 0.2) is 11.6 Å². The van der Waals surface area contributed by atoms with Crippen LogP contribution in [0.3, 0.4) is 0 Å². The topological polar surface area (TPSA) is 106 Å². The number of aromatic nitrogens is 2. The minimum Gasteiger partial charge on any atom is -0.467 e. The molecule has 0 radical (unpaired) electrons. The van der Waals surface area contributed by atoms with Crippen molar-refractivity contribution in [2.45, 2.75) is 26.3 Å². The second kappa shape index (κ2) is 6.55. The summed E-state index contributed by atoms with van der Waals surface area (Å²) in [6.07, 6.45) is 4.12. The lowest BCUT2D eigenvalue weighted by molar-refractivity contribution is -0.116. The van der Waals surface area contributed by atoms with Crippen LogP contribution < -0.4 is 16.4 Å². The number of nitrogens with two attached hydrogens (primary N) is 1. The van der Waals surface area contributed by atoms with Gasteiger partial charge in [0.1, 0.15) is 17.8 Å². The number of rotatable bonds is 6. The number of carbonyl (C=O) groups is 1. The summed E-state index contributed by atoms with van der Waals surface area (Å²) >= 11 is 0. The van der Waals surface area contributed by atoms with Crippen LogP contribution in [0.4, 0.5) is 17.3 Å². The first-order valence-corrected chi connectivity index (χ1v) is 6.37. The summed E-state index contributed by atoms with van der Waals surface area (Å²) in [6.45, 7) is 2.38. The Bertz CT molecular complexity index is 568. The molecular weight excluding hydrogens is 258 g/mol. The highest BCUT2D eigenvalue weighted by Gasteiger charge is 2.12. The second-order valence-corrected chi connectivity index (χ2v) is 4.21. The molecule has 0 fully saturated rings. The van der Waals surface area contributed by atoms with Gasteiger partial charge in [-0.2, -0.15) is 0 Å². The van der Waals surface area contributed by atoms with E-state index in [0.29, 0.717) is 24.5 Å². The number of carbonyl (C=O) groups excluding carboxylic acids is 1. The third-order valence-corrected chi connectivity index (χ3v) is 2.63. The highest BCUT2D eigenvalue weighted by Crippen LogP contribution is 2.24. The normalized spacial score (nSPS) is 10.2. The Labute approximate surface area is 116 Å². The summed E-state index contributed by atoms with van der Waals surface area (Å²) < 4.78 is 5.22. The van der Waals surface area contributed by atoms with Crippen molar-refractivity contribution >= 4 is 23.2 Å². The van der Waals surface area contributed by atoms with E-state index in [1.54, 1.807) is 12.3 Å². The molecule has 106 valence electrons. The molecule has 7 heteroatoms. The SMILES string of the molecule is CCCC(=O)Nc1c(N)ncnc1NCc1ccco1. The van der Waals surface area contributed by atoms with Gasteiger partial charge in [0.25, 0.3) is 0 Å². The molecule has 4 N–H and O–H groups in total. The van der Waals surface area contributed by atoms with Gasteiger partial charge in [0, 0.05) is 6.42 Å². The molecule has 1 amide bonds. The number of hydrogen-bond donors (Lipinski definition) is 3. The fourth-order valence-electron chi connectivity index (χ4n) is 1.67. The molecule has 0 saturated heterocycles. The molecule has 2 rings (SSSR count). The number of nitrogens with one attached hydrogen (secondary N) is 2. The maximum atomic E-state index is 11.7. The van der Waals surface area contributed by atoms with E-state index in [-0.39, 0.29) is 11.7 Å². The van der Waals surface area contributed by atoms with Crippen LogP contribution in [0, 0.1) is 0 Å². The van der Waals surface area contributed by atoms with Crippen molar-refractivity contribution in [2.24, 2.45) is 0 Å². The first-order chi connectivity index (χ1) is 9.70. The highest BCUT2D eigenvalue weighted by atomic mass is 16.3. The molecule has 0 aliphatic heterocycles. The third-order valence-electron chi connectivity index (χ3n) is 2.63. The van der Waals surface area contributed by atoms with E-state index in [9.17, 15) is 4.79 Å². The molecule has 2 aromatic rings. The molecule has 2 heterocycles. The lowest BCUT2D eigenvalue weighted by Crippen LogP contribution is -2.16. The van der Waals surface area contributed by atoms with Crippen LogP contribution in [0.5, 0.6) is 0 Å². The Balaban J connectivity index is 2.11. The van der Waals surface area contributed by atoms with Gasteiger partial charge >= 0.3 is 0 Å². The number of nitrogen functional groups attached to an aromatic ring is 1. The fraction of sp³-hybridized carbons (Fsp3) is 0.308. The van der Waals surface area contributed by atoms with Crippen molar-refractivity contribution in [1.29, 1.82) is 0 Å². The van der Waals surface area contributed by atoms with Crippen molar-refractivity contribution in [1.82, 2.24) is 9.97 Å². The number of amides is 1. The average Bonchev–Trinajstić information content (AvgIpc) is 2.93. The molecule has 0 aliphatic carbocycles. The summed E-state index contributed by atoms with van der Waals surface area (Å²) in [5.41, 5.74) is 6.19. The zero-order chi connectivity index (χ0) is 14.4. The van der Waals surface area contributed by atoms with Crippen molar-refractivity contribution in [3.05, 3.63) is 30.5 Å². The smallest absolute Gasteiger partial charge is 0.224 e. The molecule has 20 heavy (non-hydrogen) atoms. The van der Waals surface area contributed by atoms with Gasteiger partial charge < -0.3 is 20.8 Å². The van der Waals surface area contributed by atoms with Gasteiger partial charge in [-0.25, -0.2) is 9.97 Å². The second-order valence-electron chi connectivity index (χ2n) is 4.21. The predicted molar refractivity (Wildman–Crippen MR) is 76.0 cm³/mol. The molecule has 0 aliphatic rings. The number of anilines is 3. The summed E-state index contributed by atoms with van der Waals surface area (Å²) in [7, 11) is 0. The van der Waals surface area contributed by atoms with E-state index in [1.807, 2.05) is 13.0 Å². The zero-order valence-corrected chi connectivity index (χ0v) is 11.2. The molecule has 0 aromatic carbocycles. The Morgan fingerprint density at radius 1 is 1.45 bits per heavy atom. The monoisotopic (exact) mass is 275 g/mol. The van der Waals surface area contributed by atoms with E-state index in [2.05, 4.69) is 20.6 Å². The molecule has 2 aromatic heterocycles. The summed E-state index contributed by atoms with van der Waals surface area (Å²) in [5.74, 6) is 1.34. The minimum atomic E-state index is -0.116. The van der Waals surface area contributed by atoms with Gasteiger partial charge in [0.05, 0.1) is 12.8 Å². The minimum absolute atomic E-state index is 0.116. The first-order valence-electron chi connectivity index (χ1n) is 6.37. The molecule has 0 bridgehead atoms. The number of hydrogen-bond acceptors (Lipinski definition) is 6. The van der Waals surface area contributed by atoms with Crippen LogP contribution in [0.15, 0.2) is 29.1 Å². The Morgan fingerprint density at radius 3 is 3.00 bits per heavy atom. The summed E-state index contributed by atoms with van der Waals surface area (Å²) in [6, 6.07) is 3.64. The Morgan fingerprint density at radius 2 is 2.30 bits per heavy atom. The molecule has 0 unspecified atom stereocenters. The highest BCUT2D eigenvalue weighted by molar-refractivity contribution is 5.96. The number of furan rings is 1. The van der Waals surface area contributed by atoms with Crippen LogP contribution >= 0.6 is 0 Å². The van der Waals surface area contributed by atoms with Crippen LogP contribution in [0.25, 0.3) is 0 Å². The average molecular weight is 275 g/mol. The lowest BCUT2D eigenvalue weighted by Gasteiger charge is -2.12. The van der Waals surface area contributed by atoms with E-state index < -0.39 is 0 Å². The van der Waals surface area contributed by atoms with Crippen LogP contribution in [0.2, 0.25) is 0 Å². The number of nitrogens with zero attached hydrogens (tertiary/aromatic N) is 2. The van der Waals surface area contributed by atoms with Crippen molar-refractivity contribution in [3.8, 4) is 0 Å². The van der Waals surface area contributed by atoms with E-state index >= 15 is 0 Å². The summed E-state index contributed by atoms with van der Waals surface area (Å²) in [4.78, 5) is 19.7. The predicted octanol–water partition coefficient (Wildman–Crippen LogP) is 2.00. The Kier molecular flexibility index (Phi) is 4.54. The fourth-order valence-corrected chi connectivity index (χ4v) is 1.67. The van der Waals surface area contributed by atoms with E-state index in [0.717, 1.165) is 12.2 Å². The maximum absolute atomic E-state index is 11.7.